The lowest BCUT2D eigenvalue weighted by atomic mass is 10.2. The number of rotatable bonds is 3. The van der Waals surface area contributed by atoms with E-state index in [1.165, 1.54) is 0 Å². The van der Waals surface area contributed by atoms with Crippen LogP contribution in [-0.2, 0) is 9.47 Å². The van der Waals surface area contributed by atoms with Gasteiger partial charge in [-0.1, -0.05) is 0 Å². The van der Waals surface area contributed by atoms with Gasteiger partial charge in [0.15, 0.2) is 0 Å². The number of methoxy groups -OCH3 is 1. The monoisotopic (exact) mass is 251 g/mol. The maximum atomic E-state index is 5.40. The highest BCUT2D eigenvalue weighted by atomic mass is 32.1. The van der Waals surface area contributed by atoms with Crippen molar-refractivity contribution in [3.8, 4) is 0 Å². The Morgan fingerprint density at radius 1 is 1.47 bits per heavy atom. The van der Waals surface area contributed by atoms with Crippen LogP contribution in [0.5, 0.6) is 0 Å². The van der Waals surface area contributed by atoms with Crippen LogP contribution in [0.4, 0.5) is 5.82 Å². The molecule has 0 amide bonds. The highest BCUT2D eigenvalue weighted by Crippen LogP contribution is 2.26. The number of nitrogens with one attached hydrogen (secondary N) is 1. The van der Waals surface area contributed by atoms with Crippen molar-refractivity contribution in [2.24, 2.45) is 0 Å². The fourth-order valence-corrected chi connectivity index (χ4v) is 2.77. The van der Waals surface area contributed by atoms with Gasteiger partial charge in [0.2, 0.25) is 0 Å². The Morgan fingerprint density at radius 2 is 2.41 bits per heavy atom. The zero-order valence-corrected chi connectivity index (χ0v) is 10.2. The smallest absolute Gasteiger partial charge is 0.147 e. The molecule has 5 nitrogen and oxygen atoms in total. The van der Waals surface area contributed by atoms with Crippen LogP contribution in [0.2, 0.25) is 0 Å². The van der Waals surface area contributed by atoms with Crippen molar-refractivity contribution in [2.75, 3.05) is 25.6 Å². The van der Waals surface area contributed by atoms with Crippen LogP contribution in [0.1, 0.15) is 0 Å². The van der Waals surface area contributed by atoms with E-state index in [1.807, 2.05) is 11.4 Å². The molecule has 0 unspecified atom stereocenters. The van der Waals surface area contributed by atoms with Gasteiger partial charge in [-0.25, -0.2) is 9.97 Å². The maximum Gasteiger partial charge on any atom is 0.147 e. The van der Waals surface area contributed by atoms with Crippen molar-refractivity contribution >= 4 is 27.4 Å². The first kappa shape index (κ1) is 10.9. The molecule has 1 saturated heterocycles. The fraction of sp³-hybridized carbons (Fsp3) is 0.455. The Hall–Kier alpha value is -1.24. The van der Waals surface area contributed by atoms with Crippen molar-refractivity contribution in [1.82, 2.24) is 9.97 Å². The van der Waals surface area contributed by atoms with Gasteiger partial charge in [0.25, 0.3) is 0 Å². The van der Waals surface area contributed by atoms with Crippen molar-refractivity contribution in [3.05, 3.63) is 17.8 Å². The number of anilines is 1. The topological polar surface area (TPSA) is 56.3 Å². The highest BCUT2D eigenvalue weighted by molar-refractivity contribution is 7.17. The number of aromatic nitrogens is 2. The average molecular weight is 251 g/mol. The summed E-state index contributed by atoms with van der Waals surface area (Å²) in [4.78, 5) is 8.50. The lowest BCUT2D eigenvalue weighted by Gasteiger charge is -2.18. The molecular weight excluding hydrogens is 238 g/mol. The van der Waals surface area contributed by atoms with Crippen molar-refractivity contribution in [1.29, 1.82) is 0 Å². The summed E-state index contributed by atoms with van der Waals surface area (Å²) in [6.45, 7) is 1.28. The van der Waals surface area contributed by atoms with Crippen molar-refractivity contribution < 1.29 is 9.47 Å². The first-order valence-electron chi connectivity index (χ1n) is 5.44. The summed E-state index contributed by atoms with van der Waals surface area (Å²) in [5, 5.41) is 5.40. The summed E-state index contributed by atoms with van der Waals surface area (Å²) in [5.41, 5.74) is 0.973. The Morgan fingerprint density at radius 3 is 3.29 bits per heavy atom. The SMILES string of the molecule is CO[C@H]1COC[C@@H]1Nc1ncnc2ccsc12. The molecule has 1 aliphatic heterocycles. The molecule has 0 radical (unpaired) electrons. The van der Waals surface area contributed by atoms with E-state index in [0.717, 1.165) is 16.0 Å². The van der Waals surface area contributed by atoms with Crippen LogP contribution in [-0.4, -0.2) is 42.4 Å². The molecule has 1 fully saturated rings. The largest absolute Gasteiger partial charge is 0.377 e. The van der Waals surface area contributed by atoms with Crippen molar-refractivity contribution in [2.45, 2.75) is 12.1 Å². The summed E-state index contributed by atoms with van der Waals surface area (Å²) in [5.74, 6) is 0.863. The third kappa shape index (κ3) is 1.99. The highest BCUT2D eigenvalue weighted by Gasteiger charge is 2.28. The van der Waals surface area contributed by atoms with E-state index >= 15 is 0 Å². The summed E-state index contributed by atoms with van der Waals surface area (Å²) < 4.78 is 11.8. The molecule has 3 rings (SSSR count). The molecular formula is C11H13N3O2S. The molecule has 0 aliphatic carbocycles. The second-order valence-electron chi connectivity index (χ2n) is 3.92. The Bertz CT molecular complexity index is 516. The van der Waals surface area contributed by atoms with Gasteiger partial charge >= 0.3 is 0 Å². The Kier molecular flexibility index (Phi) is 2.92. The van der Waals surface area contributed by atoms with E-state index in [9.17, 15) is 0 Å². The first-order valence-corrected chi connectivity index (χ1v) is 6.31. The maximum absolute atomic E-state index is 5.40. The molecule has 6 heteroatoms. The third-order valence-electron chi connectivity index (χ3n) is 2.90. The molecule has 90 valence electrons. The van der Waals surface area contributed by atoms with Gasteiger partial charge in [0.1, 0.15) is 18.2 Å². The number of thiophene rings is 1. The minimum absolute atomic E-state index is 0.0833. The van der Waals surface area contributed by atoms with Gasteiger partial charge in [-0.3, -0.25) is 0 Å². The first-order chi connectivity index (χ1) is 8.38. The molecule has 0 saturated carbocycles. The van der Waals surface area contributed by atoms with Gasteiger partial charge in [0, 0.05) is 7.11 Å². The summed E-state index contributed by atoms with van der Waals surface area (Å²) in [7, 11) is 1.70. The van der Waals surface area contributed by atoms with Gasteiger partial charge in [-0.15, -0.1) is 11.3 Å². The van der Waals surface area contributed by atoms with Crippen LogP contribution in [0.15, 0.2) is 17.8 Å². The summed E-state index contributed by atoms with van der Waals surface area (Å²) >= 11 is 1.64. The zero-order valence-electron chi connectivity index (χ0n) is 9.42. The van der Waals surface area contributed by atoms with E-state index < -0.39 is 0 Å². The normalized spacial score (nSPS) is 24.3. The number of hydrogen-bond acceptors (Lipinski definition) is 6. The summed E-state index contributed by atoms with van der Waals surface area (Å²) in [6, 6.07) is 2.14. The van der Waals surface area contributed by atoms with Crippen LogP contribution >= 0.6 is 11.3 Å². The van der Waals surface area contributed by atoms with E-state index in [2.05, 4.69) is 15.3 Å². The fourth-order valence-electron chi connectivity index (χ4n) is 1.97. The van der Waals surface area contributed by atoms with Crippen LogP contribution in [0.25, 0.3) is 10.2 Å². The minimum Gasteiger partial charge on any atom is -0.377 e. The predicted molar refractivity (Wildman–Crippen MR) is 66.4 cm³/mol. The number of fused-ring (bicyclic) bond motifs is 1. The molecule has 3 heterocycles. The molecule has 0 aromatic carbocycles. The minimum atomic E-state index is 0.0833. The lowest BCUT2D eigenvalue weighted by Crippen LogP contribution is -2.33. The van der Waals surface area contributed by atoms with E-state index in [1.54, 1.807) is 24.8 Å². The zero-order chi connectivity index (χ0) is 11.7. The molecule has 0 spiro atoms. The predicted octanol–water partition coefficient (Wildman–Crippen LogP) is 1.52. The average Bonchev–Trinajstić information content (AvgIpc) is 2.97. The van der Waals surface area contributed by atoms with Crippen LogP contribution in [0, 0.1) is 0 Å². The number of hydrogen-bond donors (Lipinski definition) is 1. The molecule has 2 aromatic heterocycles. The Balaban J connectivity index is 1.87. The van der Waals surface area contributed by atoms with Gasteiger partial charge in [0.05, 0.1) is 29.5 Å². The molecule has 2 atom stereocenters. The van der Waals surface area contributed by atoms with Crippen LogP contribution < -0.4 is 5.32 Å². The second-order valence-corrected chi connectivity index (χ2v) is 4.84. The Labute approximate surface area is 103 Å². The van der Waals surface area contributed by atoms with E-state index in [-0.39, 0.29) is 12.1 Å². The van der Waals surface area contributed by atoms with Gasteiger partial charge < -0.3 is 14.8 Å². The lowest BCUT2D eigenvalue weighted by molar-refractivity contribution is 0.0795. The summed E-state index contributed by atoms with van der Waals surface area (Å²) in [6.07, 6.45) is 1.66. The third-order valence-corrected chi connectivity index (χ3v) is 3.81. The van der Waals surface area contributed by atoms with Gasteiger partial charge in [-0.2, -0.15) is 0 Å². The van der Waals surface area contributed by atoms with Crippen molar-refractivity contribution in [3.63, 3.8) is 0 Å². The number of nitrogens with zero attached hydrogens (tertiary/aromatic N) is 2. The molecule has 1 aliphatic rings. The van der Waals surface area contributed by atoms with E-state index in [0.29, 0.717) is 13.2 Å². The van der Waals surface area contributed by atoms with Crippen LogP contribution in [0.3, 0.4) is 0 Å². The van der Waals surface area contributed by atoms with Gasteiger partial charge in [-0.05, 0) is 11.4 Å². The second kappa shape index (κ2) is 4.56. The number of ether oxygens (including phenoxy) is 2. The standard InChI is InChI=1S/C11H13N3O2S/c1-15-9-5-16-4-8(9)14-11-10-7(2-3-17-10)12-6-13-11/h2-3,6,8-9H,4-5H2,1H3,(H,12,13,14)/t8-,9-/m0/s1. The molecule has 2 aromatic rings. The molecule has 17 heavy (non-hydrogen) atoms. The molecule has 0 bridgehead atoms. The van der Waals surface area contributed by atoms with E-state index in [4.69, 9.17) is 9.47 Å². The molecule has 1 N–H and O–H groups in total. The quantitative estimate of drug-likeness (QED) is 0.896.